The minimum absolute atomic E-state index is 0.0753. The second-order valence-electron chi connectivity index (χ2n) is 3.87. The smallest absolute Gasteiger partial charge is 0.358 e. The van der Waals surface area contributed by atoms with Crippen molar-refractivity contribution in [2.75, 3.05) is 6.61 Å². The molecule has 110 valence electrons. The van der Waals surface area contributed by atoms with E-state index in [2.05, 4.69) is 26.2 Å². The van der Waals surface area contributed by atoms with E-state index in [1.165, 1.54) is 23.0 Å². The van der Waals surface area contributed by atoms with E-state index in [4.69, 9.17) is 9.84 Å². The predicted octanol–water partition coefficient (Wildman–Crippen LogP) is 1.73. The maximum Gasteiger partial charge on any atom is 0.358 e. The lowest BCUT2D eigenvalue weighted by atomic mass is 10.3. The fraction of sp³-hybridized carbons (Fsp3) is 0.182. The van der Waals surface area contributed by atoms with E-state index in [-0.39, 0.29) is 30.3 Å². The van der Waals surface area contributed by atoms with Crippen LogP contribution in [-0.4, -0.2) is 37.6 Å². The molecule has 0 atom stereocenters. The summed E-state index contributed by atoms with van der Waals surface area (Å²) in [6, 6.07) is 4.49. The highest BCUT2D eigenvalue weighted by Gasteiger charge is 2.18. The fourth-order valence-corrected chi connectivity index (χ4v) is 2.00. The van der Waals surface area contributed by atoms with Crippen molar-refractivity contribution in [1.82, 2.24) is 15.0 Å². The molecule has 2 rings (SSSR count). The molecule has 0 saturated heterocycles. The maximum atomic E-state index is 10.9. The number of ether oxygens (including phenoxy) is 1. The SMILES string of the molecule is O=C(O)c1cn(CCOc2c(Br)cccc2[N+](=O)[O-])nn1. The molecule has 0 fully saturated rings. The Bertz CT molecular complexity index is 687. The number of hydrogen-bond donors (Lipinski definition) is 1. The first-order valence-electron chi connectivity index (χ1n) is 5.68. The Morgan fingerprint density at radius 2 is 2.29 bits per heavy atom. The van der Waals surface area contributed by atoms with Crippen molar-refractivity contribution in [3.63, 3.8) is 0 Å². The number of aromatic carboxylic acids is 1. The second-order valence-corrected chi connectivity index (χ2v) is 4.72. The number of hydrogen-bond acceptors (Lipinski definition) is 6. The number of carboxylic acids is 1. The average molecular weight is 357 g/mol. The highest BCUT2D eigenvalue weighted by atomic mass is 79.9. The van der Waals surface area contributed by atoms with Crippen LogP contribution in [0.5, 0.6) is 5.75 Å². The van der Waals surface area contributed by atoms with E-state index in [1.807, 2.05) is 0 Å². The van der Waals surface area contributed by atoms with Crippen LogP contribution in [-0.2, 0) is 6.54 Å². The Morgan fingerprint density at radius 1 is 1.52 bits per heavy atom. The monoisotopic (exact) mass is 356 g/mol. The van der Waals surface area contributed by atoms with Crippen LogP contribution in [0.4, 0.5) is 5.69 Å². The molecule has 0 saturated carbocycles. The van der Waals surface area contributed by atoms with Gasteiger partial charge in [-0.05, 0) is 22.0 Å². The van der Waals surface area contributed by atoms with Gasteiger partial charge in [0.25, 0.3) is 0 Å². The second kappa shape index (κ2) is 6.31. The number of aromatic nitrogens is 3. The van der Waals surface area contributed by atoms with Crippen molar-refractivity contribution in [2.24, 2.45) is 0 Å². The summed E-state index contributed by atoms with van der Waals surface area (Å²) in [5.74, 6) is -1.07. The molecule has 0 spiro atoms. The van der Waals surface area contributed by atoms with Gasteiger partial charge < -0.3 is 9.84 Å². The molecule has 0 amide bonds. The van der Waals surface area contributed by atoms with Crippen LogP contribution in [0, 0.1) is 10.1 Å². The summed E-state index contributed by atoms with van der Waals surface area (Å²) < 4.78 is 7.12. The van der Waals surface area contributed by atoms with E-state index >= 15 is 0 Å². The van der Waals surface area contributed by atoms with Gasteiger partial charge >= 0.3 is 11.7 Å². The third-order valence-electron chi connectivity index (χ3n) is 2.47. The molecule has 0 bridgehead atoms. The highest BCUT2D eigenvalue weighted by Crippen LogP contribution is 2.34. The first-order chi connectivity index (χ1) is 9.99. The van der Waals surface area contributed by atoms with Crippen LogP contribution in [0.25, 0.3) is 0 Å². The summed E-state index contributed by atoms with van der Waals surface area (Å²) in [5.41, 5.74) is -0.337. The summed E-state index contributed by atoms with van der Waals surface area (Å²) >= 11 is 3.18. The summed E-state index contributed by atoms with van der Waals surface area (Å²) in [6.45, 7) is 0.282. The summed E-state index contributed by atoms with van der Waals surface area (Å²) in [5, 5.41) is 26.7. The number of nitro groups is 1. The number of nitro benzene ring substituents is 1. The molecule has 0 aliphatic heterocycles. The molecule has 1 N–H and O–H groups in total. The van der Waals surface area contributed by atoms with Gasteiger partial charge in [-0.25, -0.2) is 9.48 Å². The third-order valence-corrected chi connectivity index (χ3v) is 3.09. The number of carboxylic acid groups (broad SMARTS) is 1. The van der Waals surface area contributed by atoms with E-state index in [9.17, 15) is 14.9 Å². The molecule has 9 nitrogen and oxygen atoms in total. The number of para-hydroxylation sites is 1. The Hall–Kier alpha value is -2.49. The largest absolute Gasteiger partial charge is 0.484 e. The molecular formula is C11H9BrN4O5. The average Bonchev–Trinajstić information content (AvgIpc) is 2.89. The first-order valence-corrected chi connectivity index (χ1v) is 6.47. The minimum Gasteiger partial charge on any atom is -0.484 e. The van der Waals surface area contributed by atoms with Gasteiger partial charge in [-0.15, -0.1) is 5.10 Å². The van der Waals surface area contributed by atoms with Crippen molar-refractivity contribution >= 4 is 27.6 Å². The van der Waals surface area contributed by atoms with Crippen LogP contribution in [0.2, 0.25) is 0 Å². The van der Waals surface area contributed by atoms with Crippen LogP contribution >= 0.6 is 15.9 Å². The zero-order valence-corrected chi connectivity index (χ0v) is 12.1. The minimum atomic E-state index is -1.18. The quantitative estimate of drug-likeness (QED) is 0.617. The van der Waals surface area contributed by atoms with Crippen molar-refractivity contribution in [3.05, 3.63) is 44.7 Å². The van der Waals surface area contributed by atoms with Gasteiger partial charge in [0.2, 0.25) is 5.75 Å². The predicted molar refractivity (Wildman–Crippen MR) is 73.3 cm³/mol. The Balaban J connectivity index is 2.03. The topological polar surface area (TPSA) is 120 Å². The van der Waals surface area contributed by atoms with Gasteiger partial charge in [-0.2, -0.15) is 0 Å². The zero-order chi connectivity index (χ0) is 15.4. The number of halogens is 1. The van der Waals surface area contributed by atoms with Gasteiger partial charge in [0, 0.05) is 6.07 Å². The van der Waals surface area contributed by atoms with Crippen LogP contribution in [0.15, 0.2) is 28.9 Å². The molecule has 0 aliphatic rings. The van der Waals surface area contributed by atoms with Gasteiger partial charge in [-0.3, -0.25) is 10.1 Å². The highest BCUT2D eigenvalue weighted by molar-refractivity contribution is 9.10. The molecule has 10 heteroatoms. The van der Waals surface area contributed by atoms with E-state index in [0.717, 1.165) is 0 Å². The lowest BCUT2D eigenvalue weighted by Crippen LogP contribution is -2.10. The molecule has 1 heterocycles. The van der Waals surface area contributed by atoms with Crippen molar-refractivity contribution in [3.8, 4) is 5.75 Å². The molecule has 1 aromatic heterocycles. The summed E-state index contributed by atoms with van der Waals surface area (Å²) in [4.78, 5) is 21.0. The Morgan fingerprint density at radius 3 is 2.90 bits per heavy atom. The Kier molecular flexibility index (Phi) is 4.48. The molecule has 0 aliphatic carbocycles. The lowest BCUT2D eigenvalue weighted by Gasteiger charge is -2.08. The van der Waals surface area contributed by atoms with Crippen LogP contribution in [0.3, 0.4) is 0 Å². The molecule has 2 aromatic rings. The zero-order valence-electron chi connectivity index (χ0n) is 10.5. The number of benzene rings is 1. The van der Waals surface area contributed by atoms with E-state index in [1.54, 1.807) is 6.07 Å². The Labute approximate surface area is 126 Å². The number of nitrogens with zero attached hydrogens (tertiary/aromatic N) is 4. The van der Waals surface area contributed by atoms with E-state index < -0.39 is 10.9 Å². The molecule has 0 unspecified atom stereocenters. The number of carbonyl (C=O) groups is 1. The van der Waals surface area contributed by atoms with Crippen molar-refractivity contribution in [1.29, 1.82) is 0 Å². The van der Waals surface area contributed by atoms with Crippen molar-refractivity contribution in [2.45, 2.75) is 6.54 Å². The standard InChI is InChI=1S/C11H9BrN4O5/c12-7-2-1-3-9(16(19)20)10(7)21-5-4-15-6-8(11(17)18)13-14-15/h1-3,6H,4-5H2,(H,17,18). The van der Waals surface area contributed by atoms with Gasteiger partial charge in [-0.1, -0.05) is 11.3 Å². The first kappa shape index (κ1) is 14.9. The van der Waals surface area contributed by atoms with Gasteiger partial charge in [0.05, 0.1) is 22.1 Å². The van der Waals surface area contributed by atoms with Gasteiger partial charge in [0.15, 0.2) is 5.69 Å². The number of rotatable bonds is 6. The molecule has 0 radical (unpaired) electrons. The molecule has 1 aromatic carbocycles. The summed E-state index contributed by atoms with van der Waals surface area (Å²) in [7, 11) is 0. The fourth-order valence-electron chi connectivity index (χ4n) is 1.53. The third kappa shape index (κ3) is 3.54. The maximum absolute atomic E-state index is 10.9. The van der Waals surface area contributed by atoms with Crippen LogP contribution < -0.4 is 4.74 Å². The van der Waals surface area contributed by atoms with Gasteiger partial charge in [0.1, 0.15) is 6.61 Å². The molecule has 21 heavy (non-hydrogen) atoms. The summed E-state index contributed by atoms with van der Waals surface area (Å²) in [6.07, 6.45) is 1.25. The van der Waals surface area contributed by atoms with Crippen molar-refractivity contribution < 1.29 is 19.6 Å². The lowest BCUT2D eigenvalue weighted by molar-refractivity contribution is -0.386. The van der Waals surface area contributed by atoms with Crippen LogP contribution in [0.1, 0.15) is 10.5 Å². The van der Waals surface area contributed by atoms with E-state index in [0.29, 0.717) is 4.47 Å². The normalized spacial score (nSPS) is 10.3. The molecular weight excluding hydrogens is 348 g/mol.